The van der Waals surface area contributed by atoms with Crippen molar-refractivity contribution in [2.45, 2.75) is 56.7 Å². The Kier molecular flexibility index (Phi) is 6.40. The number of carboxylic acid groups (broad SMARTS) is 1. The second kappa shape index (κ2) is 7.58. The van der Waals surface area contributed by atoms with E-state index in [-0.39, 0.29) is 11.7 Å². The molecule has 0 spiro atoms. The SMILES string of the molecule is CC(SCC(=O)NC1CCCCCC1)C(=O)O. The van der Waals surface area contributed by atoms with Crippen molar-refractivity contribution in [3.8, 4) is 0 Å². The Bertz CT molecular complexity index is 262. The third kappa shape index (κ3) is 5.96. The van der Waals surface area contributed by atoms with E-state index >= 15 is 0 Å². The maximum Gasteiger partial charge on any atom is 0.316 e. The lowest BCUT2D eigenvalue weighted by molar-refractivity contribution is -0.136. The summed E-state index contributed by atoms with van der Waals surface area (Å²) in [6.07, 6.45) is 7.01. The van der Waals surface area contributed by atoms with Crippen LogP contribution in [0.3, 0.4) is 0 Å². The Morgan fingerprint density at radius 2 is 1.88 bits per heavy atom. The zero-order valence-electron chi connectivity index (χ0n) is 10.3. The van der Waals surface area contributed by atoms with Crippen LogP contribution in [0.15, 0.2) is 0 Å². The van der Waals surface area contributed by atoms with E-state index in [1.54, 1.807) is 6.92 Å². The summed E-state index contributed by atoms with van der Waals surface area (Å²) < 4.78 is 0. The van der Waals surface area contributed by atoms with E-state index in [1.807, 2.05) is 0 Å². The Morgan fingerprint density at radius 1 is 1.29 bits per heavy atom. The fraction of sp³-hybridized carbons (Fsp3) is 0.833. The van der Waals surface area contributed by atoms with E-state index in [4.69, 9.17) is 5.11 Å². The second-order valence-corrected chi connectivity index (χ2v) is 5.88. The molecule has 0 saturated heterocycles. The zero-order chi connectivity index (χ0) is 12.7. The normalized spacial score (nSPS) is 19.4. The van der Waals surface area contributed by atoms with Crippen LogP contribution in [-0.2, 0) is 9.59 Å². The molecule has 1 atom stereocenters. The summed E-state index contributed by atoms with van der Waals surface area (Å²) in [6.45, 7) is 1.60. The highest BCUT2D eigenvalue weighted by Crippen LogP contribution is 2.17. The number of rotatable bonds is 5. The van der Waals surface area contributed by atoms with Crippen LogP contribution in [0, 0.1) is 0 Å². The molecule has 0 radical (unpaired) electrons. The Labute approximate surface area is 107 Å². The number of carbonyl (C=O) groups is 2. The van der Waals surface area contributed by atoms with Gasteiger partial charge in [-0.25, -0.2) is 0 Å². The first-order valence-corrected chi connectivity index (χ1v) is 7.28. The van der Waals surface area contributed by atoms with Gasteiger partial charge in [0.15, 0.2) is 0 Å². The fourth-order valence-electron chi connectivity index (χ4n) is 1.97. The summed E-state index contributed by atoms with van der Waals surface area (Å²) in [6, 6.07) is 0.297. The van der Waals surface area contributed by atoms with Crippen molar-refractivity contribution < 1.29 is 14.7 Å². The van der Waals surface area contributed by atoms with Crippen LogP contribution in [0.5, 0.6) is 0 Å². The van der Waals surface area contributed by atoms with Crippen LogP contribution in [0.4, 0.5) is 0 Å². The Morgan fingerprint density at radius 3 is 2.41 bits per heavy atom. The van der Waals surface area contributed by atoms with E-state index in [0.29, 0.717) is 6.04 Å². The minimum atomic E-state index is -0.864. The number of aliphatic carboxylic acids is 1. The van der Waals surface area contributed by atoms with E-state index < -0.39 is 11.2 Å². The van der Waals surface area contributed by atoms with Crippen molar-refractivity contribution in [3.63, 3.8) is 0 Å². The molecule has 2 N–H and O–H groups in total. The van der Waals surface area contributed by atoms with Gasteiger partial charge in [-0.1, -0.05) is 25.7 Å². The van der Waals surface area contributed by atoms with Gasteiger partial charge in [-0.05, 0) is 19.8 Å². The molecule has 5 heteroatoms. The van der Waals surface area contributed by atoms with Crippen molar-refractivity contribution in [3.05, 3.63) is 0 Å². The predicted molar refractivity (Wildman–Crippen MR) is 69.2 cm³/mol. The van der Waals surface area contributed by atoms with E-state index in [9.17, 15) is 9.59 Å². The molecule has 17 heavy (non-hydrogen) atoms. The van der Waals surface area contributed by atoms with Crippen LogP contribution < -0.4 is 5.32 Å². The fourth-order valence-corrected chi connectivity index (χ4v) is 2.59. The summed E-state index contributed by atoms with van der Waals surface area (Å²) >= 11 is 1.17. The molecule has 0 aromatic rings. The molecule has 1 aliphatic rings. The average molecular weight is 259 g/mol. The first kappa shape index (κ1) is 14.4. The molecule has 1 aliphatic carbocycles. The molecular weight excluding hydrogens is 238 g/mol. The highest BCUT2D eigenvalue weighted by molar-refractivity contribution is 8.01. The highest BCUT2D eigenvalue weighted by Gasteiger charge is 2.17. The molecule has 1 amide bonds. The highest BCUT2D eigenvalue weighted by atomic mass is 32.2. The van der Waals surface area contributed by atoms with Gasteiger partial charge < -0.3 is 10.4 Å². The smallest absolute Gasteiger partial charge is 0.316 e. The molecule has 1 saturated carbocycles. The van der Waals surface area contributed by atoms with Gasteiger partial charge in [-0.15, -0.1) is 11.8 Å². The Balaban J connectivity index is 2.21. The summed E-state index contributed by atoms with van der Waals surface area (Å²) in [4.78, 5) is 22.2. The van der Waals surface area contributed by atoms with Crippen molar-refractivity contribution in [2.75, 3.05) is 5.75 Å². The minimum Gasteiger partial charge on any atom is -0.480 e. The maximum absolute atomic E-state index is 11.6. The number of hydrogen-bond acceptors (Lipinski definition) is 3. The molecule has 0 aromatic carbocycles. The summed E-state index contributed by atoms with van der Waals surface area (Å²) in [5, 5.41) is 11.2. The van der Waals surface area contributed by atoms with E-state index in [2.05, 4.69) is 5.32 Å². The van der Waals surface area contributed by atoms with Gasteiger partial charge in [0.1, 0.15) is 0 Å². The van der Waals surface area contributed by atoms with Crippen molar-refractivity contribution >= 4 is 23.6 Å². The molecule has 0 aromatic heterocycles. The van der Waals surface area contributed by atoms with Crippen LogP contribution in [-0.4, -0.2) is 34.0 Å². The summed E-state index contributed by atoms with van der Waals surface area (Å²) in [5.41, 5.74) is 0. The lowest BCUT2D eigenvalue weighted by atomic mass is 10.1. The number of nitrogens with one attached hydrogen (secondary N) is 1. The van der Waals surface area contributed by atoms with Gasteiger partial charge in [0.2, 0.25) is 5.91 Å². The molecule has 1 fully saturated rings. The number of hydrogen-bond donors (Lipinski definition) is 2. The standard InChI is InChI=1S/C12H21NO3S/c1-9(12(15)16)17-8-11(14)13-10-6-4-2-3-5-7-10/h9-10H,2-8H2,1H3,(H,13,14)(H,15,16). The lowest BCUT2D eigenvalue weighted by Crippen LogP contribution is -2.36. The predicted octanol–water partition coefficient (Wildman–Crippen LogP) is 2.03. The number of carbonyl (C=O) groups excluding carboxylic acids is 1. The molecule has 1 rings (SSSR count). The maximum atomic E-state index is 11.6. The average Bonchev–Trinajstić information content (AvgIpc) is 2.54. The van der Waals surface area contributed by atoms with Crippen LogP contribution in [0.25, 0.3) is 0 Å². The van der Waals surface area contributed by atoms with Gasteiger partial charge >= 0.3 is 5.97 Å². The van der Waals surface area contributed by atoms with Crippen molar-refractivity contribution in [1.29, 1.82) is 0 Å². The zero-order valence-corrected chi connectivity index (χ0v) is 11.1. The number of carboxylic acids is 1. The number of amides is 1. The van der Waals surface area contributed by atoms with Gasteiger partial charge in [-0.2, -0.15) is 0 Å². The van der Waals surface area contributed by atoms with Crippen molar-refractivity contribution in [1.82, 2.24) is 5.32 Å². The third-order valence-corrected chi connectivity index (χ3v) is 4.16. The molecule has 4 nitrogen and oxygen atoms in total. The molecule has 0 heterocycles. The topological polar surface area (TPSA) is 66.4 Å². The Hall–Kier alpha value is -0.710. The van der Waals surface area contributed by atoms with Crippen molar-refractivity contribution in [2.24, 2.45) is 0 Å². The molecule has 0 bridgehead atoms. The monoisotopic (exact) mass is 259 g/mol. The van der Waals surface area contributed by atoms with Gasteiger partial charge in [0, 0.05) is 6.04 Å². The quantitative estimate of drug-likeness (QED) is 0.741. The first-order chi connectivity index (χ1) is 8.09. The molecule has 0 aliphatic heterocycles. The lowest BCUT2D eigenvalue weighted by Gasteiger charge is -2.16. The van der Waals surface area contributed by atoms with Gasteiger partial charge in [0.25, 0.3) is 0 Å². The largest absolute Gasteiger partial charge is 0.480 e. The van der Waals surface area contributed by atoms with Crippen LogP contribution in [0.2, 0.25) is 0 Å². The minimum absolute atomic E-state index is 0.0324. The second-order valence-electron chi connectivity index (χ2n) is 4.55. The van der Waals surface area contributed by atoms with E-state index in [0.717, 1.165) is 12.8 Å². The van der Waals surface area contributed by atoms with Gasteiger partial charge in [0.05, 0.1) is 11.0 Å². The van der Waals surface area contributed by atoms with Crippen LogP contribution >= 0.6 is 11.8 Å². The van der Waals surface area contributed by atoms with Crippen LogP contribution in [0.1, 0.15) is 45.4 Å². The first-order valence-electron chi connectivity index (χ1n) is 6.23. The van der Waals surface area contributed by atoms with Gasteiger partial charge in [-0.3, -0.25) is 9.59 Å². The summed E-state index contributed by atoms with van der Waals surface area (Å²) in [7, 11) is 0. The third-order valence-electron chi connectivity index (χ3n) is 3.03. The van der Waals surface area contributed by atoms with E-state index in [1.165, 1.54) is 37.4 Å². The molecule has 98 valence electrons. The summed E-state index contributed by atoms with van der Waals surface area (Å²) in [5.74, 6) is -0.656. The molecular formula is C12H21NO3S. The number of thioether (sulfide) groups is 1. The molecule has 1 unspecified atom stereocenters.